The summed E-state index contributed by atoms with van der Waals surface area (Å²) in [5.74, 6) is 7.48. The zero-order valence-corrected chi connectivity index (χ0v) is 13.1. The molecule has 0 bridgehead atoms. The summed E-state index contributed by atoms with van der Waals surface area (Å²) in [5, 5.41) is 0. The molecule has 0 aliphatic rings. The topological polar surface area (TPSA) is 43.4 Å². The molecule has 1 aromatic rings. The number of benzene rings is 1. The molecule has 0 aliphatic carbocycles. The van der Waals surface area contributed by atoms with E-state index in [0.29, 0.717) is 31.1 Å². The van der Waals surface area contributed by atoms with Gasteiger partial charge in [0.25, 0.3) is 0 Å². The van der Waals surface area contributed by atoms with Crippen LogP contribution in [0.2, 0.25) is 0 Å². The fourth-order valence-corrected chi connectivity index (χ4v) is 2.45. The number of para-hydroxylation sites is 1. The van der Waals surface area contributed by atoms with Gasteiger partial charge in [-0.05, 0) is 18.6 Å². The van der Waals surface area contributed by atoms with Crippen LogP contribution in [0.5, 0.6) is 5.75 Å². The Labute approximate surface area is 126 Å². The van der Waals surface area contributed by atoms with Crippen molar-refractivity contribution in [1.82, 2.24) is 0 Å². The van der Waals surface area contributed by atoms with Crippen LogP contribution in [0, 0.1) is 11.8 Å². The highest BCUT2D eigenvalue weighted by molar-refractivity contribution is 7.91. The first-order valence-electron chi connectivity index (χ1n) is 6.56. The van der Waals surface area contributed by atoms with Crippen molar-refractivity contribution in [3.63, 3.8) is 0 Å². The second-order valence-electron chi connectivity index (χ2n) is 4.18. The normalized spacial score (nSPS) is 10.7. The first kappa shape index (κ1) is 16.9. The maximum Gasteiger partial charge on any atom is 0.150 e. The molecule has 0 heterocycles. The molecule has 0 fully saturated rings. The van der Waals surface area contributed by atoms with Crippen molar-refractivity contribution in [2.75, 3.05) is 24.0 Å². The first-order valence-corrected chi connectivity index (χ1v) is 8.91. The molecule has 0 saturated heterocycles. The first-order chi connectivity index (χ1) is 9.59. The molecule has 5 heteroatoms. The third-order valence-electron chi connectivity index (χ3n) is 2.63. The molecular formula is C15H19ClO3S. The summed E-state index contributed by atoms with van der Waals surface area (Å²) in [6.45, 7) is 2.02. The van der Waals surface area contributed by atoms with Gasteiger partial charge in [-0.25, -0.2) is 8.42 Å². The van der Waals surface area contributed by atoms with Gasteiger partial charge >= 0.3 is 0 Å². The predicted molar refractivity (Wildman–Crippen MR) is 83.1 cm³/mol. The number of halogens is 1. The van der Waals surface area contributed by atoms with Crippen molar-refractivity contribution < 1.29 is 13.2 Å². The minimum absolute atomic E-state index is 0.156. The zero-order chi connectivity index (χ0) is 14.8. The molecule has 20 heavy (non-hydrogen) atoms. The third-order valence-corrected chi connectivity index (χ3v) is 4.61. The standard InChI is InChI=1S/C15H19ClO3S/c1-2-20(17,18)13-7-12-19-15-10-4-3-8-14(15)9-5-6-11-16/h3-4,8,10H,2,6-7,11-13H2,1H3. The van der Waals surface area contributed by atoms with Crippen molar-refractivity contribution in [1.29, 1.82) is 0 Å². The average molecular weight is 315 g/mol. The van der Waals surface area contributed by atoms with E-state index in [0.717, 1.165) is 5.56 Å². The number of hydrogen-bond donors (Lipinski definition) is 0. The van der Waals surface area contributed by atoms with Crippen LogP contribution in [-0.2, 0) is 9.84 Å². The van der Waals surface area contributed by atoms with Gasteiger partial charge < -0.3 is 4.74 Å². The molecule has 0 saturated carbocycles. The average Bonchev–Trinajstić information content (AvgIpc) is 2.45. The summed E-state index contributed by atoms with van der Waals surface area (Å²) in [4.78, 5) is 0. The molecular weight excluding hydrogens is 296 g/mol. The second kappa shape index (κ2) is 8.89. The molecule has 0 amide bonds. The smallest absolute Gasteiger partial charge is 0.150 e. The lowest BCUT2D eigenvalue weighted by Crippen LogP contribution is -2.12. The number of alkyl halides is 1. The highest BCUT2D eigenvalue weighted by Crippen LogP contribution is 2.17. The number of sulfone groups is 1. The van der Waals surface area contributed by atoms with Gasteiger partial charge in [0.05, 0.1) is 17.9 Å². The van der Waals surface area contributed by atoms with Crippen LogP contribution in [0.3, 0.4) is 0 Å². The Bertz CT molecular complexity index is 570. The van der Waals surface area contributed by atoms with Crippen molar-refractivity contribution in [2.45, 2.75) is 19.8 Å². The van der Waals surface area contributed by atoms with Crippen LogP contribution in [0.4, 0.5) is 0 Å². The number of rotatable bonds is 7. The zero-order valence-electron chi connectivity index (χ0n) is 11.6. The lowest BCUT2D eigenvalue weighted by molar-refractivity contribution is 0.317. The monoisotopic (exact) mass is 314 g/mol. The summed E-state index contributed by atoms with van der Waals surface area (Å²) in [7, 11) is -2.92. The van der Waals surface area contributed by atoms with E-state index in [1.807, 2.05) is 24.3 Å². The van der Waals surface area contributed by atoms with Crippen LogP contribution in [-0.4, -0.2) is 32.4 Å². The molecule has 3 nitrogen and oxygen atoms in total. The van der Waals surface area contributed by atoms with Crippen LogP contribution in [0.1, 0.15) is 25.3 Å². The molecule has 0 radical (unpaired) electrons. The van der Waals surface area contributed by atoms with Gasteiger partial charge in [0.15, 0.2) is 0 Å². The summed E-state index contributed by atoms with van der Waals surface area (Å²) in [5.41, 5.74) is 0.802. The Morgan fingerprint density at radius 3 is 2.75 bits per heavy atom. The highest BCUT2D eigenvalue weighted by Gasteiger charge is 2.07. The number of hydrogen-bond acceptors (Lipinski definition) is 3. The summed E-state index contributed by atoms with van der Waals surface area (Å²) >= 11 is 5.58. The summed E-state index contributed by atoms with van der Waals surface area (Å²) in [6.07, 6.45) is 1.12. The Balaban J connectivity index is 2.54. The van der Waals surface area contributed by atoms with Crippen LogP contribution < -0.4 is 4.74 Å². The Morgan fingerprint density at radius 1 is 1.30 bits per heavy atom. The third kappa shape index (κ3) is 6.31. The van der Waals surface area contributed by atoms with Crippen molar-refractivity contribution in [2.24, 2.45) is 0 Å². The van der Waals surface area contributed by atoms with E-state index in [4.69, 9.17) is 16.3 Å². The van der Waals surface area contributed by atoms with Gasteiger partial charge in [-0.3, -0.25) is 0 Å². The van der Waals surface area contributed by atoms with E-state index in [1.54, 1.807) is 6.92 Å². The molecule has 0 aromatic heterocycles. The molecule has 0 N–H and O–H groups in total. The van der Waals surface area contributed by atoms with Gasteiger partial charge in [0.2, 0.25) is 0 Å². The van der Waals surface area contributed by atoms with Gasteiger partial charge in [-0.1, -0.05) is 30.9 Å². The highest BCUT2D eigenvalue weighted by atomic mass is 35.5. The van der Waals surface area contributed by atoms with Gasteiger partial charge in [-0.15, -0.1) is 11.6 Å². The maximum atomic E-state index is 11.4. The molecule has 1 aromatic carbocycles. The fraction of sp³-hybridized carbons (Fsp3) is 0.467. The molecule has 0 spiro atoms. The van der Waals surface area contributed by atoms with Gasteiger partial charge in [0, 0.05) is 18.1 Å². The minimum Gasteiger partial charge on any atom is -0.492 e. The van der Waals surface area contributed by atoms with E-state index in [1.165, 1.54) is 0 Å². The van der Waals surface area contributed by atoms with E-state index < -0.39 is 9.84 Å². The van der Waals surface area contributed by atoms with Gasteiger partial charge in [-0.2, -0.15) is 0 Å². The minimum atomic E-state index is -2.92. The molecule has 0 aliphatic heterocycles. The SMILES string of the molecule is CCS(=O)(=O)CCCOc1ccccc1C#CCCCl. The van der Waals surface area contributed by atoms with Crippen molar-refractivity contribution in [3.8, 4) is 17.6 Å². The Morgan fingerprint density at radius 2 is 2.05 bits per heavy atom. The van der Waals surface area contributed by atoms with Crippen molar-refractivity contribution >= 4 is 21.4 Å². The second-order valence-corrected chi connectivity index (χ2v) is 7.03. The lowest BCUT2D eigenvalue weighted by Gasteiger charge is -2.08. The maximum absolute atomic E-state index is 11.4. The van der Waals surface area contributed by atoms with Crippen LogP contribution in [0.15, 0.2) is 24.3 Å². The summed E-state index contributed by atoms with van der Waals surface area (Å²) in [6, 6.07) is 7.46. The molecule has 0 atom stereocenters. The van der Waals surface area contributed by atoms with E-state index in [9.17, 15) is 8.42 Å². The summed E-state index contributed by atoms with van der Waals surface area (Å²) < 4.78 is 28.3. The van der Waals surface area contributed by atoms with Crippen LogP contribution >= 0.6 is 11.6 Å². The largest absolute Gasteiger partial charge is 0.492 e. The Kier molecular flexibility index (Phi) is 7.50. The quantitative estimate of drug-likeness (QED) is 0.441. The van der Waals surface area contributed by atoms with E-state index in [-0.39, 0.29) is 11.5 Å². The van der Waals surface area contributed by atoms with Gasteiger partial charge in [0.1, 0.15) is 15.6 Å². The molecule has 110 valence electrons. The van der Waals surface area contributed by atoms with E-state index >= 15 is 0 Å². The van der Waals surface area contributed by atoms with Crippen molar-refractivity contribution in [3.05, 3.63) is 29.8 Å². The Hall–Kier alpha value is -1.18. The fourth-order valence-electron chi connectivity index (χ4n) is 1.51. The molecule has 1 rings (SSSR count). The number of ether oxygens (including phenoxy) is 1. The van der Waals surface area contributed by atoms with E-state index in [2.05, 4.69) is 11.8 Å². The predicted octanol–water partition coefficient (Wildman–Crippen LogP) is 2.87. The van der Waals surface area contributed by atoms with Crippen LogP contribution in [0.25, 0.3) is 0 Å². The lowest BCUT2D eigenvalue weighted by atomic mass is 10.2. The molecule has 0 unspecified atom stereocenters.